The molecular formula is C51H36N2S. The van der Waals surface area contributed by atoms with Crippen LogP contribution < -0.4 is 4.90 Å². The Bertz CT molecular complexity index is 3070. The lowest BCUT2D eigenvalue weighted by Crippen LogP contribution is -2.15. The zero-order chi connectivity index (χ0) is 36.0. The van der Waals surface area contributed by atoms with Crippen LogP contribution in [0.25, 0.3) is 69.9 Å². The number of thiophene rings is 1. The van der Waals surface area contributed by atoms with E-state index in [0.29, 0.717) is 0 Å². The molecule has 0 saturated carbocycles. The molecule has 1 aliphatic carbocycles. The van der Waals surface area contributed by atoms with Crippen molar-refractivity contribution in [1.29, 1.82) is 0 Å². The fourth-order valence-corrected chi connectivity index (χ4v) is 10.0. The predicted octanol–water partition coefficient (Wildman–Crippen LogP) is 14.6. The Labute approximate surface area is 318 Å². The molecule has 11 rings (SSSR count). The van der Waals surface area contributed by atoms with E-state index in [1.54, 1.807) is 0 Å². The van der Waals surface area contributed by atoms with Gasteiger partial charge in [0.15, 0.2) is 0 Å². The van der Waals surface area contributed by atoms with Gasteiger partial charge in [-0.2, -0.15) is 0 Å². The molecule has 0 radical (unpaired) electrons. The number of hydrogen-bond donors (Lipinski definition) is 0. The number of para-hydroxylation sites is 1. The summed E-state index contributed by atoms with van der Waals surface area (Å²) in [5.74, 6) is 0. The van der Waals surface area contributed by atoms with E-state index >= 15 is 0 Å². The van der Waals surface area contributed by atoms with Crippen LogP contribution in [0.4, 0.5) is 17.1 Å². The third-order valence-corrected chi connectivity index (χ3v) is 12.7. The summed E-state index contributed by atoms with van der Waals surface area (Å²) in [5, 5.41) is 5.10. The number of fused-ring (bicyclic) bond motifs is 9. The molecule has 0 spiro atoms. The van der Waals surface area contributed by atoms with Crippen molar-refractivity contribution in [1.82, 2.24) is 4.57 Å². The van der Waals surface area contributed by atoms with Gasteiger partial charge in [-0.25, -0.2) is 0 Å². The van der Waals surface area contributed by atoms with Crippen LogP contribution in [0.15, 0.2) is 182 Å². The van der Waals surface area contributed by atoms with Gasteiger partial charge >= 0.3 is 0 Å². The summed E-state index contributed by atoms with van der Waals surface area (Å²) in [6, 6.07) is 67.2. The number of hydrogen-bond acceptors (Lipinski definition) is 2. The molecule has 54 heavy (non-hydrogen) atoms. The summed E-state index contributed by atoms with van der Waals surface area (Å²) in [5.41, 5.74) is 14.8. The van der Waals surface area contributed by atoms with Gasteiger partial charge in [0, 0.05) is 59.1 Å². The summed E-state index contributed by atoms with van der Waals surface area (Å²) in [7, 11) is 0. The van der Waals surface area contributed by atoms with Crippen LogP contribution in [0.2, 0.25) is 0 Å². The van der Waals surface area contributed by atoms with Crippen molar-refractivity contribution in [2.24, 2.45) is 0 Å². The van der Waals surface area contributed by atoms with Crippen LogP contribution in [-0.4, -0.2) is 4.57 Å². The minimum Gasteiger partial charge on any atom is -0.310 e. The topological polar surface area (TPSA) is 8.17 Å². The Morgan fingerprint density at radius 2 is 1.06 bits per heavy atom. The molecule has 2 aromatic heterocycles. The smallest absolute Gasteiger partial charge is 0.0542 e. The Morgan fingerprint density at radius 3 is 1.93 bits per heavy atom. The molecule has 0 N–H and O–H groups in total. The maximum atomic E-state index is 2.44. The molecule has 0 atom stereocenters. The molecule has 8 aromatic carbocycles. The molecule has 0 unspecified atom stereocenters. The predicted molar refractivity (Wildman–Crippen MR) is 231 cm³/mol. The van der Waals surface area contributed by atoms with Gasteiger partial charge in [0.05, 0.1) is 11.0 Å². The first kappa shape index (κ1) is 31.1. The van der Waals surface area contributed by atoms with Gasteiger partial charge in [-0.1, -0.05) is 123 Å². The average molecular weight is 709 g/mol. The molecule has 0 fully saturated rings. The Morgan fingerprint density at radius 1 is 0.426 bits per heavy atom. The van der Waals surface area contributed by atoms with E-state index in [0.717, 1.165) is 17.1 Å². The summed E-state index contributed by atoms with van der Waals surface area (Å²) in [6.45, 7) is 4.69. The largest absolute Gasteiger partial charge is 0.310 e. The SMILES string of the molecule is CC1(C)c2ccccc2-c2cc(N(c3ccc(-c4ccccc4)cc3)c3ccc4c(c3)c3ccccc3n4-c3ccc4sc5ccccc5c4c3)ccc21. The molecule has 0 saturated heterocycles. The molecule has 0 bridgehead atoms. The maximum Gasteiger partial charge on any atom is 0.0542 e. The molecule has 3 heteroatoms. The molecular weight excluding hydrogens is 673 g/mol. The van der Waals surface area contributed by atoms with Crippen molar-refractivity contribution in [3.8, 4) is 27.9 Å². The van der Waals surface area contributed by atoms with Gasteiger partial charge in [-0.15, -0.1) is 11.3 Å². The van der Waals surface area contributed by atoms with Gasteiger partial charge in [0.25, 0.3) is 0 Å². The molecule has 1 aliphatic rings. The fraction of sp³-hybridized carbons (Fsp3) is 0.0588. The standard InChI is InChI=1S/C51H36N2S/c1-51(2)45-17-9-6-14-39(45)42-30-36(24-27-46(42)51)52(35-22-20-34(21-23-35)33-12-4-3-5-13-33)37-25-28-48-43(31-37)40-15-7-10-18-47(40)53(48)38-26-29-50-44(32-38)41-16-8-11-19-49(41)54-50/h3-32H,1-2H3. The first-order chi connectivity index (χ1) is 26.5. The molecule has 256 valence electrons. The second kappa shape index (κ2) is 11.8. The quantitative estimate of drug-likeness (QED) is 0.173. The van der Waals surface area contributed by atoms with Crippen LogP contribution in [0.1, 0.15) is 25.0 Å². The minimum absolute atomic E-state index is 0.0499. The van der Waals surface area contributed by atoms with Gasteiger partial charge < -0.3 is 9.47 Å². The normalized spacial score (nSPS) is 13.1. The van der Waals surface area contributed by atoms with Crippen molar-refractivity contribution < 1.29 is 0 Å². The number of nitrogens with zero attached hydrogens (tertiary/aromatic N) is 2. The second-order valence-electron chi connectivity index (χ2n) is 15.0. The minimum atomic E-state index is -0.0499. The van der Waals surface area contributed by atoms with Gasteiger partial charge in [0.1, 0.15) is 0 Å². The zero-order valence-electron chi connectivity index (χ0n) is 30.1. The Balaban J connectivity index is 1.11. The monoisotopic (exact) mass is 708 g/mol. The van der Waals surface area contributed by atoms with Crippen LogP contribution in [0.3, 0.4) is 0 Å². The highest BCUT2D eigenvalue weighted by atomic mass is 32.1. The summed E-state index contributed by atoms with van der Waals surface area (Å²) < 4.78 is 5.08. The van der Waals surface area contributed by atoms with Crippen molar-refractivity contribution in [2.75, 3.05) is 4.90 Å². The molecule has 2 heterocycles. The first-order valence-electron chi connectivity index (χ1n) is 18.7. The van der Waals surface area contributed by atoms with E-state index in [-0.39, 0.29) is 5.41 Å². The van der Waals surface area contributed by atoms with Gasteiger partial charge in [-0.05, 0) is 106 Å². The Hall–Kier alpha value is -6.42. The van der Waals surface area contributed by atoms with E-state index in [1.807, 2.05) is 11.3 Å². The second-order valence-corrected chi connectivity index (χ2v) is 16.1. The van der Waals surface area contributed by atoms with Crippen molar-refractivity contribution in [2.45, 2.75) is 19.3 Å². The highest BCUT2D eigenvalue weighted by Crippen LogP contribution is 2.51. The van der Waals surface area contributed by atoms with E-state index in [4.69, 9.17) is 0 Å². The lowest BCUT2D eigenvalue weighted by atomic mass is 9.82. The lowest BCUT2D eigenvalue weighted by molar-refractivity contribution is 0.660. The fourth-order valence-electron chi connectivity index (χ4n) is 8.96. The summed E-state index contributed by atoms with van der Waals surface area (Å²) in [6.07, 6.45) is 0. The molecule has 0 amide bonds. The van der Waals surface area contributed by atoms with Crippen LogP contribution in [-0.2, 0) is 5.41 Å². The van der Waals surface area contributed by atoms with E-state index in [9.17, 15) is 0 Å². The van der Waals surface area contributed by atoms with E-state index < -0.39 is 0 Å². The highest BCUT2D eigenvalue weighted by molar-refractivity contribution is 7.25. The highest BCUT2D eigenvalue weighted by Gasteiger charge is 2.35. The van der Waals surface area contributed by atoms with Crippen molar-refractivity contribution in [3.63, 3.8) is 0 Å². The Kier molecular flexibility index (Phi) is 6.80. The molecule has 0 aliphatic heterocycles. The van der Waals surface area contributed by atoms with E-state index in [2.05, 4.69) is 205 Å². The van der Waals surface area contributed by atoms with Crippen molar-refractivity contribution >= 4 is 70.4 Å². The number of rotatable bonds is 5. The maximum absolute atomic E-state index is 2.44. The first-order valence-corrected chi connectivity index (χ1v) is 19.5. The van der Waals surface area contributed by atoms with Crippen LogP contribution in [0, 0.1) is 0 Å². The summed E-state index contributed by atoms with van der Waals surface area (Å²) in [4.78, 5) is 2.43. The molecule has 2 nitrogen and oxygen atoms in total. The number of anilines is 3. The average Bonchev–Trinajstić information content (AvgIpc) is 3.83. The third kappa shape index (κ3) is 4.65. The van der Waals surface area contributed by atoms with Crippen LogP contribution >= 0.6 is 11.3 Å². The lowest BCUT2D eigenvalue weighted by Gasteiger charge is -2.27. The number of benzene rings is 8. The third-order valence-electron chi connectivity index (χ3n) is 11.6. The zero-order valence-corrected chi connectivity index (χ0v) is 30.9. The van der Waals surface area contributed by atoms with Gasteiger partial charge in [-0.3, -0.25) is 0 Å². The number of aromatic nitrogens is 1. The van der Waals surface area contributed by atoms with E-state index in [1.165, 1.54) is 81.0 Å². The van der Waals surface area contributed by atoms with Crippen molar-refractivity contribution in [3.05, 3.63) is 193 Å². The summed E-state index contributed by atoms with van der Waals surface area (Å²) >= 11 is 1.86. The molecule has 10 aromatic rings. The van der Waals surface area contributed by atoms with Gasteiger partial charge in [0.2, 0.25) is 0 Å². The van der Waals surface area contributed by atoms with Crippen LogP contribution in [0.5, 0.6) is 0 Å².